The van der Waals surface area contributed by atoms with Gasteiger partial charge < -0.3 is 19.6 Å². The molecule has 0 bridgehead atoms. The van der Waals surface area contributed by atoms with Crippen molar-refractivity contribution in [1.82, 2.24) is 10.3 Å². The number of methoxy groups -OCH3 is 1. The number of ether oxygens (including phenoxy) is 1. The predicted octanol–water partition coefficient (Wildman–Crippen LogP) is 0.966. The number of carbonyl (C=O) groups is 2. The molecule has 1 atom stereocenters. The van der Waals surface area contributed by atoms with Gasteiger partial charge in [0.1, 0.15) is 5.52 Å². The molecule has 0 aliphatic rings. The number of nitrogens with one attached hydrogen (secondary N) is 1. The molecule has 20 heavy (non-hydrogen) atoms. The van der Waals surface area contributed by atoms with Crippen molar-refractivity contribution in [3.05, 3.63) is 29.7 Å². The van der Waals surface area contributed by atoms with E-state index in [0.29, 0.717) is 11.1 Å². The third-order valence-corrected chi connectivity index (χ3v) is 2.67. The summed E-state index contributed by atoms with van der Waals surface area (Å²) in [6.45, 7) is 1.70. The zero-order chi connectivity index (χ0) is 14.7. The molecule has 0 radical (unpaired) electrons. The standard InChI is InChI=1S/C13H14N2O5/c1-7-3-4-10-8(14-7)5-11(20-10)12(16)15-9(6-19-2)13(17)18/h3-5,9H,6H2,1-2H3,(H,15,16)(H,17,18). The second kappa shape index (κ2) is 5.70. The van der Waals surface area contributed by atoms with Crippen molar-refractivity contribution in [1.29, 1.82) is 0 Å². The van der Waals surface area contributed by atoms with Crippen LogP contribution in [-0.2, 0) is 9.53 Å². The lowest BCUT2D eigenvalue weighted by Crippen LogP contribution is -2.43. The van der Waals surface area contributed by atoms with Crippen molar-refractivity contribution in [2.75, 3.05) is 13.7 Å². The number of amides is 1. The Balaban J connectivity index is 2.20. The average molecular weight is 278 g/mol. The van der Waals surface area contributed by atoms with Gasteiger partial charge in [-0.1, -0.05) is 0 Å². The molecule has 2 aromatic heterocycles. The molecule has 7 heteroatoms. The van der Waals surface area contributed by atoms with Gasteiger partial charge in [0.2, 0.25) is 0 Å². The maximum Gasteiger partial charge on any atom is 0.328 e. The number of rotatable bonds is 5. The Bertz CT molecular complexity index is 649. The maximum absolute atomic E-state index is 11.9. The topological polar surface area (TPSA) is 102 Å². The fourth-order valence-electron chi connectivity index (χ4n) is 1.71. The van der Waals surface area contributed by atoms with E-state index in [0.717, 1.165) is 5.69 Å². The van der Waals surface area contributed by atoms with Gasteiger partial charge in [0, 0.05) is 18.9 Å². The van der Waals surface area contributed by atoms with Crippen LogP contribution in [0.1, 0.15) is 16.2 Å². The van der Waals surface area contributed by atoms with E-state index in [1.54, 1.807) is 12.1 Å². The molecule has 0 spiro atoms. The number of hydrogen-bond acceptors (Lipinski definition) is 5. The fourth-order valence-corrected chi connectivity index (χ4v) is 1.71. The number of carboxylic acids is 1. The molecular formula is C13H14N2O5. The number of aromatic nitrogens is 1. The average Bonchev–Trinajstić information content (AvgIpc) is 2.80. The molecule has 106 valence electrons. The maximum atomic E-state index is 11.9. The van der Waals surface area contributed by atoms with E-state index in [1.807, 2.05) is 6.92 Å². The summed E-state index contributed by atoms with van der Waals surface area (Å²) < 4.78 is 10.1. The Labute approximate surface area is 114 Å². The summed E-state index contributed by atoms with van der Waals surface area (Å²) in [5, 5.41) is 11.3. The third kappa shape index (κ3) is 2.94. The Kier molecular flexibility index (Phi) is 3.99. The predicted molar refractivity (Wildman–Crippen MR) is 69.5 cm³/mol. The van der Waals surface area contributed by atoms with E-state index in [-0.39, 0.29) is 12.4 Å². The Hall–Kier alpha value is -2.41. The summed E-state index contributed by atoms with van der Waals surface area (Å²) in [7, 11) is 1.36. The summed E-state index contributed by atoms with van der Waals surface area (Å²) in [5.74, 6) is -1.78. The molecule has 7 nitrogen and oxygen atoms in total. The summed E-state index contributed by atoms with van der Waals surface area (Å²) in [6, 6.07) is 3.82. The first-order chi connectivity index (χ1) is 9.51. The van der Waals surface area contributed by atoms with Gasteiger partial charge in [0.15, 0.2) is 17.4 Å². The summed E-state index contributed by atoms with van der Waals surface area (Å²) in [5.41, 5.74) is 1.82. The number of carbonyl (C=O) groups excluding carboxylic acids is 1. The largest absolute Gasteiger partial charge is 0.480 e. The van der Waals surface area contributed by atoms with Gasteiger partial charge in [-0.05, 0) is 19.1 Å². The third-order valence-electron chi connectivity index (χ3n) is 2.67. The van der Waals surface area contributed by atoms with Crippen LogP contribution >= 0.6 is 0 Å². The van der Waals surface area contributed by atoms with E-state index in [4.69, 9.17) is 14.3 Å². The van der Waals surface area contributed by atoms with Crippen LogP contribution in [0.15, 0.2) is 22.6 Å². The van der Waals surface area contributed by atoms with Crippen LogP contribution in [-0.4, -0.2) is 41.7 Å². The monoisotopic (exact) mass is 278 g/mol. The molecule has 2 rings (SSSR count). The molecule has 2 heterocycles. The molecular weight excluding hydrogens is 264 g/mol. The number of nitrogens with zero attached hydrogens (tertiary/aromatic N) is 1. The first-order valence-corrected chi connectivity index (χ1v) is 5.91. The van der Waals surface area contributed by atoms with Crippen LogP contribution in [0.2, 0.25) is 0 Å². The van der Waals surface area contributed by atoms with E-state index < -0.39 is 17.9 Å². The lowest BCUT2D eigenvalue weighted by molar-refractivity contribution is -0.140. The highest BCUT2D eigenvalue weighted by Gasteiger charge is 2.22. The van der Waals surface area contributed by atoms with E-state index in [9.17, 15) is 9.59 Å². The highest BCUT2D eigenvalue weighted by atomic mass is 16.5. The molecule has 0 saturated heterocycles. The minimum absolute atomic E-state index is 0.0143. The molecule has 0 saturated carbocycles. The van der Waals surface area contributed by atoms with E-state index in [1.165, 1.54) is 13.2 Å². The van der Waals surface area contributed by atoms with Crippen LogP contribution in [0, 0.1) is 6.92 Å². The molecule has 0 fully saturated rings. The minimum atomic E-state index is -1.18. The number of aryl methyl sites for hydroxylation is 1. The van der Waals surface area contributed by atoms with Crippen LogP contribution in [0.4, 0.5) is 0 Å². The van der Waals surface area contributed by atoms with Gasteiger partial charge >= 0.3 is 5.97 Å². The molecule has 0 aliphatic heterocycles. The molecule has 2 N–H and O–H groups in total. The van der Waals surface area contributed by atoms with E-state index in [2.05, 4.69) is 10.3 Å². The van der Waals surface area contributed by atoms with Gasteiger partial charge in [-0.3, -0.25) is 4.79 Å². The van der Waals surface area contributed by atoms with Crippen molar-refractivity contribution >= 4 is 23.0 Å². The van der Waals surface area contributed by atoms with Gasteiger partial charge in [-0.15, -0.1) is 0 Å². The number of aliphatic carboxylic acids is 1. The summed E-state index contributed by atoms with van der Waals surface area (Å²) in [4.78, 5) is 27.1. The normalized spacial score (nSPS) is 12.3. The summed E-state index contributed by atoms with van der Waals surface area (Å²) in [6.07, 6.45) is 0. The number of hydrogen-bond donors (Lipinski definition) is 2. The van der Waals surface area contributed by atoms with Crippen LogP contribution < -0.4 is 5.32 Å². The Morgan fingerprint density at radius 1 is 1.50 bits per heavy atom. The smallest absolute Gasteiger partial charge is 0.328 e. The van der Waals surface area contributed by atoms with Gasteiger partial charge in [0.05, 0.1) is 6.61 Å². The zero-order valence-electron chi connectivity index (χ0n) is 11.0. The zero-order valence-corrected chi connectivity index (χ0v) is 11.0. The van der Waals surface area contributed by atoms with Crippen LogP contribution in [0.5, 0.6) is 0 Å². The Morgan fingerprint density at radius 3 is 2.90 bits per heavy atom. The van der Waals surface area contributed by atoms with Gasteiger partial charge in [0.25, 0.3) is 5.91 Å². The van der Waals surface area contributed by atoms with Crippen molar-refractivity contribution in [2.24, 2.45) is 0 Å². The summed E-state index contributed by atoms with van der Waals surface area (Å²) >= 11 is 0. The van der Waals surface area contributed by atoms with Crippen molar-refractivity contribution in [3.63, 3.8) is 0 Å². The number of pyridine rings is 1. The van der Waals surface area contributed by atoms with Gasteiger partial charge in [-0.2, -0.15) is 0 Å². The molecule has 2 aromatic rings. The SMILES string of the molecule is COCC(NC(=O)c1cc2nc(C)ccc2o1)C(=O)O. The number of furan rings is 1. The van der Waals surface area contributed by atoms with Crippen LogP contribution in [0.25, 0.3) is 11.1 Å². The van der Waals surface area contributed by atoms with Crippen molar-refractivity contribution in [2.45, 2.75) is 13.0 Å². The second-order valence-corrected chi connectivity index (χ2v) is 4.27. The first-order valence-electron chi connectivity index (χ1n) is 5.91. The van der Waals surface area contributed by atoms with Crippen molar-refractivity contribution in [3.8, 4) is 0 Å². The van der Waals surface area contributed by atoms with Crippen molar-refractivity contribution < 1.29 is 23.8 Å². The lowest BCUT2D eigenvalue weighted by atomic mass is 10.3. The quantitative estimate of drug-likeness (QED) is 0.844. The van der Waals surface area contributed by atoms with Crippen LogP contribution in [0.3, 0.4) is 0 Å². The molecule has 1 amide bonds. The second-order valence-electron chi connectivity index (χ2n) is 4.27. The van der Waals surface area contributed by atoms with Gasteiger partial charge in [-0.25, -0.2) is 9.78 Å². The minimum Gasteiger partial charge on any atom is -0.480 e. The fraction of sp³-hybridized carbons (Fsp3) is 0.308. The molecule has 1 unspecified atom stereocenters. The molecule has 0 aliphatic carbocycles. The first kappa shape index (κ1) is 14.0. The Morgan fingerprint density at radius 2 is 2.25 bits per heavy atom. The lowest BCUT2D eigenvalue weighted by Gasteiger charge is -2.11. The number of fused-ring (bicyclic) bond motifs is 1. The highest BCUT2D eigenvalue weighted by Crippen LogP contribution is 2.17. The molecule has 0 aromatic carbocycles. The number of carboxylic acid groups (broad SMARTS) is 1. The highest BCUT2D eigenvalue weighted by molar-refractivity contribution is 5.97. The van der Waals surface area contributed by atoms with E-state index >= 15 is 0 Å².